The third-order valence-corrected chi connectivity index (χ3v) is 3.24. The molecule has 2 atom stereocenters. The van der Waals surface area contributed by atoms with Gasteiger partial charge in [-0.25, -0.2) is 4.79 Å². The Morgan fingerprint density at radius 2 is 1.95 bits per heavy atom. The van der Waals surface area contributed by atoms with Gasteiger partial charge in [0.05, 0.1) is 0 Å². The average Bonchev–Trinajstić information content (AvgIpc) is 2.36. The number of nitrogens with one attached hydrogen (secondary N) is 3. The maximum absolute atomic E-state index is 11.9. The van der Waals surface area contributed by atoms with Crippen molar-refractivity contribution in [2.45, 2.75) is 45.6 Å². The van der Waals surface area contributed by atoms with Gasteiger partial charge in [-0.15, -0.1) is 0 Å². The van der Waals surface area contributed by atoms with Crippen molar-refractivity contribution in [1.82, 2.24) is 16.0 Å². The maximum Gasteiger partial charge on any atom is 0.325 e. The summed E-state index contributed by atoms with van der Waals surface area (Å²) in [5.74, 6) is 0.449. The Labute approximate surface area is 113 Å². The molecule has 0 aliphatic heterocycles. The normalized spacial score (nSPS) is 23.4. The average molecular weight is 267 g/mol. The van der Waals surface area contributed by atoms with Crippen LogP contribution in [0.3, 0.4) is 0 Å². The summed E-state index contributed by atoms with van der Waals surface area (Å²) in [6, 6.07) is -0.447. The Morgan fingerprint density at radius 3 is 2.58 bits per heavy atom. The predicted octanol–water partition coefficient (Wildman–Crippen LogP) is 1.04. The molecule has 0 aromatic heterocycles. The van der Waals surface area contributed by atoms with Crippen molar-refractivity contribution in [2.24, 2.45) is 5.92 Å². The Kier molecular flexibility index (Phi) is 6.05. The van der Waals surface area contributed by atoms with Crippen LogP contribution < -0.4 is 16.0 Å². The third-order valence-electron chi connectivity index (χ3n) is 3.24. The molecule has 6 nitrogen and oxygen atoms in total. The van der Waals surface area contributed by atoms with Gasteiger partial charge in [0.2, 0.25) is 12.3 Å². The van der Waals surface area contributed by atoms with Gasteiger partial charge in [0, 0.05) is 17.8 Å². The van der Waals surface area contributed by atoms with Crippen LogP contribution in [0.4, 0.5) is 4.79 Å². The SMILES string of the molecule is C/C(=C\NC(=O)NC=O)C(=O)NC1CCCC(C)C1. The van der Waals surface area contributed by atoms with Gasteiger partial charge in [-0.2, -0.15) is 0 Å². The second-order valence-corrected chi connectivity index (χ2v) is 5.01. The van der Waals surface area contributed by atoms with Crippen LogP contribution in [0.5, 0.6) is 0 Å². The third kappa shape index (κ3) is 5.54. The molecule has 1 aliphatic rings. The highest BCUT2D eigenvalue weighted by Crippen LogP contribution is 2.23. The first-order chi connectivity index (χ1) is 9.02. The van der Waals surface area contributed by atoms with E-state index in [9.17, 15) is 14.4 Å². The summed E-state index contributed by atoms with van der Waals surface area (Å²) in [5, 5.41) is 7.18. The maximum atomic E-state index is 11.9. The van der Waals surface area contributed by atoms with Gasteiger partial charge in [-0.05, 0) is 25.7 Å². The number of amides is 4. The first kappa shape index (κ1) is 15.2. The molecule has 0 aromatic carbocycles. The lowest BCUT2D eigenvalue weighted by Gasteiger charge is -2.27. The van der Waals surface area contributed by atoms with Crippen LogP contribution in [0.1, 0.15) is 39.5 Å². The van der Waals surface area contributed by atoms with E-state index in [1.165, 1.54) is 12.6 Å². The van der Waals surface area contributed by atoms with Crippen molar-refractivity contribution in [3.05, 3.63) is 11.8 Å². The van der Waals surface area contributed by atoms with Crippen molar-refractivity contribution in [1.29, 1.82) is 0 Å². The molecule has 0 heterocycles. The van der Waals surface area contributed by atoms with E-state index in [1.54, 1.807) is 6.92 Å². The minimum Gasteiger partial charge on any atom is -0.350 e. The summed E-state index contributed by atoms with van der Waals surface area (Å²) in [5.41, 5.74) is 0.402. The van der Waals surface area contributed by atoms with E-state index in [1.807, 2.05) is 5.32 Å². The lowest BCUT2D eigenvalue weighted by atomic mass is 9.87. The van der Waals surface area contributed by atoms with Crippen LogP contribution in [0, 0.1) is 5.92 Å². The molecule has 0 radical (unpaired) electrons. The van der Waals surface area contributed by atoms with E-state index >= 15 is 0 Å². The van der Waals surface area contributed by atoms with Crippen LogP contribution in [0.15, 0.2) is 11.8 Å². The second kappa shape index (κ2) is 7.56. The van der Waals surface area contributed by atoms with E-state index in [2.05, 4.69) is 17.6 Å². The number of imide groups is 1. The second-order valence-electron chi connectivity index (χ2n) is 5.01. The summed E-state index contributed by atoms with van der Waals surface area (Å²) in [4.78, 5) is 32.9. The fraction of sp³-hybridized carbons (Fsp3) is 0.615. The zero-order chi connectivity index (χ0) is 14.3. The van der Waals surface area contributed by atoms with Gasteiger partial charge in [-0.3, -0.25) is 14.9 Å². The lowest BCUT2D eigenvalue weighted by molar-refractivity contribution is -0.118. The van der Waals surface area contributed by atoms with Crippen molar-refractivity contribution in [3.63, 3.8) is 0 Å². The van der Waals surface area contributed by atoms with Crippen molar-refractivity contribution < 1.29 is 14.4 Å². The molecule has 0 aromatic rings. The molecular weight excluding hydrogens is 246 g/mol. The van der Waals surface area contributed by atoms with Crippen LogP contribution in [0.25, 0.3) is 0 Å². The standard InChI is InChI=1S/C13H21N3O3/c1-9-4-3-5-11(6-9)16-12(18)10(2)7-14-13(19)15-8-17/h7-9,11H,3-6H2,1-2H3,(H,16,18)(H2,14,15,17,19)/b10-7+. The largest absolute Gasteiger partial charge is 0.350 e. The number of hydrogen-bond acceptors (Lipinski definition) is 3. The number of carbonyl (C=O) groups is 3. The number of carbonyl (C=O) groups excluding carboxylic acids is 3. The Morgan fingerprint density at radius 1 is 1.21 bits per heavy atom. The molecular formula is C13H21N3O3. The summed E-state index contributed by atoms with van der Waals surface area (Å²) in [6.07, 6.45) is 5.92. The highest BCUT2D eigenvalue weighted by molar-refractivity contribution is 5.94. The topological polar surface area (TPSA) is 87.3 Å². The number of urea groups is 1. The molecule has 2 unspecified atom stereocenters. The van der Waals surface area contributed by atoms with Gasteiger partial charge in [-0.1, -0.05) is 19.8 Å². The molecule has 1 saturated carbocycles. The molecule has 19 heavy (non-hydrogen) atoms. The predicted molar refractivity (Wildman–Crippen MR) is 71.1 cm³/mol. The van der Waals surface area contributed by atoms with Crippen LogP contribution in [-0.2, 0) is 9.59 Å². The number of rotatable bonds is 4. The monoisotopic (exact) mass is 267 g/mol. The van der Waals surface area contributed by atoms with E-state index in [-0.39, 0.29) is 18.4 Å². The Hall–Kier alpha value is -1.85. The molecule has 4 amide bonds. The van der Waals surface area contributed by atoms with Gasteiger partial charge in [0.15, 0.2) is 0 Å². The smallest absolute Gasteiger partial charge is 0.325 e. The Balaban J connectivity index is 2.41. The first-order valence-electron chi connectivity index (χ1n) is 6.51. The highest BCUT2D eigenvalue weighted by Gasteiger charge is 2.20. The van der Waals surface area contributed by atoms with Gasteiger partial charge in [0.1, 0.15) is 0 Å². The molecule has 6 heteroatoms. The quantitative estimate of drug-likeness (QED) is 0.525. The van der Waals surface area contributed by atoms with E-state index in [0.29, 0.717) is 11.5 Å². The summed E-state index contributed by atoms with van der Waals surface area (Å²) in [6.45, 7) is 3.80. The highest BCUT2D eigenvalue weighted by atomic mass is 16.2. The molecule has 1 rings (SSSR count). The number of hydrogen-bond donors (Lipinski definition) is 3. The van der Waals surface area contributed by atoms with E-state index in [0.717, 1.165) is 19.3 Å². The summed E-state index contributed by atoms with van der Waals surface area (Å²) in [7, 11) is 0. The zero-order valence-electron chi connectivity index (χ0n) is 11.4. The van der Waals surface area contributed by atoms with Crippen LogP contribution >= 0.6 is 0 Å². The van der Waals surface area contributed by atoms with Crippen LogP contribution in [0.2, 0.25) is 0 Å². The zero-order valence-corrected chi connectivity index (χ0v) is 11.4. The van der Waals surface area contributed by atoms with Crippen molar-refractivity contribution in [2.75, 3.05) is 0 Å². The molecule has 1 fully saturated rings. The summed E-state index contributed by atoms with van der Waals surface area (Å²) < 4.78 is 0. The van der Waals surface area contributed by atoms with Gasteiger partial charge in [0.25, 0.3) is 0 Å². The fourth-order valence-electron chi connectivity index (χ4n) is 2.20. The molecule has 1 aliphatic carbocycles. The van der Waals surface area contributed by atoms with Crippen molar-refractivity contribution >= 4 is 18.3 Å². The fourth-order valence-corrected chi connectivity index (χ4v) is 2.20. The molecule has 0 saturated heterocycles. The summed E-state index contributed by atoms with van der Waals surface area (Å²) >= 11 is 0. The minimum absolute atomic E-state index is 0.189. The molecule has 106 valence electrons. The molecule has 0 spiro atoms. The molecule has 3 N–H and O–H groups in total. The van der Waals surface area contributed by atoms with Gasteiger partial charge >= 0.3 is 6.03 Å². The lowest BCUT2D eigenvalue weighted by Crippen LogP contribution is -2.39. The van der Waals surface area contributed by atoms with Crippen LogP contribution in [-0.4, -0.2) is 24.4 Å². The van der Waals surface area contributed by atoms with Crippen molar-refractivity contribution in [3.8, 4) is 0 Å². The first-order valence-corrected chi connectivity index (χ1v) is 6.51. The Bertz CT molecular complexity index is 379. The minimum atomic E-state index is -0.659. The van der Waals surface area contributed by atoms with E-state index < -0.39 is 6.03 Å². The molecule has 0 bridgehead atoms. The van der Waals surface area contributed by atoms with E-state index in [4.69, 9.17) is 0 Å². The van der Waals surface area contributed by atoms with Gasteiger partial charge < -0.3 is 10.6 Å².